The van der Waals surface area contributed by atoms with E-state index in [1.165, 1.54) is 5.56 Å². The third-order valence-electron chi connectivity index (χ3n) is 4.58. The van der Waals surface area contributed by atoms with Crippen molar-refractivity contribution < 1.29 is 0 Å². The van der Waals surface area contributed by atoms with E-state index in [1.54, 1.807) is 17.4 Å². The fourth-order valence-electron chi connectivity index (χ4n) is 2.93. The molecule has 0 aliphatic rings. The Kier molecular flexibility index (Phi) is 5.88. The Morgan fingerprint density at radius 2 is 1.66 bits per heavy atom. The van der Waals surface area contributed by atoms with Crippen LogP contribution in [0, 0.1) is 6.92 Å². The second-order valence-electron chi connectivity index (χ2n) is 6.80. The average molecular weight is 421 g/mol. The summed E-state index contributed by atoms with van der Waals surface area (Å²) >= 11 is 7.72. The number of rotatable bonds is 6. The van der Waals surface area contributed by atoms with Gasteiger partial charge in [-0.3, -0.25) is 0 Å². The van der Waals surface area contributed by atoms with E-state index in [4.69, 9.17) is 16.6 Å². The summed E-state index contributed by atoms with van der Waals surface area (Å²) in [6.45, 7) is 4.77. The molecule has 4 rings (SSSR count). The smallest absolute Gasteiger partial charge is 0.134 e. The number of halogens is 1. The van der Waals surface area contributed by atoms with E-state index in [0.717, 1.165) is 45.5 Å². The van der Waals surface area contributed by atoms with Crippen LogP contribution in [0.25, 0.3) is 21.8 Å². The van der Waals surface area contributed by atoms with Gasteiger partial charge in [-0.25, -0.2) is 15.0 Å². The van der Waals surface area contributed by atoms with E-state index in [-0.39, 0.29) is 0 Å². The van der Waals surface area contributed by atoms with Gasteiger partial charge in [0.2, 0.25) is 0 Å². The zero-order valence-corrected chi connectivity index (χ0v) is 17.9. The third kappa shape index (κ3) is 4.81. The molecule has 4 nitrogen and oxygen atoms in total. The van der Waals surface area contributed by atoms with Crippen LogP contribution in [-0.4, -0.2) is 15.0 Å². The molecule has 2 aromatic carbocycles. The molecule has 0 spiro atoms. The molecular weight excluding hydrogens is 400 g/mol. The quantitative estimate of drug-likeness (QED) is 0.366. The predicted molar refractivity (Wildman–Crippen MR) is 121 cm³/mol. The molecule has 29 heavy (non-hydrogen) atoms. The van der Waals surface area contributed by atoms with Crippen LogP contribution in [0.1, 0.15) is 23.9 Å². The molecule has 0 fully saturated rings. The molecule has 1 N–H and O–H groups in total. The molecule has 0 atom stereocenters. The normalized spacial score (nSPS) is 10.9. The molecule has 0 bridgehead atoms. The van der Waals surface area contributed by atoms with E-state index >= 15 is 0 Å². The van der Waals surface area contributed by atoms with E-state index in [1.807, 2.05) is 6.92 Å². The van der Waals surface area contributed by atoms with Crippen molar-refractivity contribution in [2.24, 2.45) is 0 Å². The first-order valence-electron chi connectivity index (χ1n) is 9.50. The Bertz CT molecular complexity index is 1100. The Hall–Kier alpha value is -2.76. The van der Waals surface area contributed by atoms with Crippen molar-refractivity contribution in [2.45, 2.75) is 26.8 Å². The minimum atomic E-state index is 0.461. The van der Waals surface area contributed by atoms with E-state index < -0.39 is 0 Å². The van der Waals surface area contributed by atoms with Gasteiger partial charge in [-0.2, -0.15) is 0 Å². The highest BCUT2D eigenvalue weighted by atomic mass is 35.5. The molecule has 0 saturated carbocycles. The zero-order valence-electron chi connectivity index (χ0n) is 16.3. The summed E-state index contributed by atoms with van der Waals surface area (Å²) in [5.74, 6) is 1.48. The lowest BCUT2D eigenvalue weighted by atomic mass is 10.1. The van der Waals surface area contributed by atoms with Crippen molar-refractivity contribution in [3.63, 3.8) is 0 Å². The van der Waals surface area contributed by atoms with Crippen molar-refractivity contribution in [1.82, 2.24) is 15.0 Å². The number of nitrogens with one attached hydrogen (secondary N) is 1. The first kappa shape index (κ1) is 19.6. The minimum Gasteiger partial charge on any atom is -0.366 e. The zero-order chi connectivity index (χ0) is 20.2. The maximum Gasteiger partial charge on any atom is 0.134 e. The third-order valence-corrected chi connectivity index (χ3v) is 5.67. The van der Waals surface area contributed by atoms with Gasteiger partial charge < -0.3 is 5.32 Å². The molecule has 2 heterocycles. The number of benzene rings is 2. The first-order valence-corrected chi connectivity index (χ1v) is 10.8. The summed E-state index contributed by atoms with van der Waals surface area (Å²) in [6, 6.07) is 18.7. The summed E-state index contributed by atoms with van der Waals surface area (Å²) in [7, 11) is 0. The molecule has 0 aliphatic carbocycles. The lowest BCUT2D eigenvalue weighted by molar-refractivity contribution is 0.933. The highest BCUT2D eigenvalue weighted by Gasteiger charge is 2.07. The molecule has 6 heteroatoms. The Labute approximate surface area is 179 Å². The van der Waals surface area contributed by atoms with Gasteiger partial charge in [0.05, 0.1) is 5.69 Å². The number of aromatic nitrogens is 3. The lowest BCUT2D eigenvalue weighted by Gasteiger charge is -2.08. The van der Waals surface area contributed by atoms with Crippen LogP contribution in [0.15, 0.2) is 60.0 Å². The number of nitrogens with zero attached hydrogens (tertiary/aromatic N) is 3. The second-order valence-corrected chi connectivity index (χ2v) is 8.05. The molecule has 0 aliphatic heterocycles. The standard InChI is InChI=1S/C23H21ClN4S/c1-3-21-27-20(24)12-22(28-21)25-13-16-6-10-18(11-7-16)23-26-19(14-29-23)17-8-4-15(2)5-9-17/h4-12,14H,3,13H2,1-2H3,(H,25,27,28). The summed E-state index contributed by atoms with van der Waals surface area (Å²) in [6.07, 6.45) is 0.752. The molecule has 0 unspecified atom stereocenters. The maximum absolute atomic E-state index is 6.06. The second kappa shape index (κ2) is 8.72. The Morgan fingerprint density at radius 1 is 0.931 bits per heavy atom. The average Bonchev–Trinajstić information content (AvgIpc) is 3.23. The van der Waals surface area contributed by atoms with Crippen LogP contribution in [0.5, 0.6) is 0 Å². The van der Waals surface area contributed by atoms with Crippen molar-refractivity contribution in [3.05, 3.63) is 82.1 Å². The molecular formula is C23H21ClN4S. The van der Waals surface area contributed by atoms with Gasteiger partial charge >= 0.3 is 0 Å². The summed E-state index contributed by atoms with van der Waals surface area (Å²) in [5, 5.41) is 6.91. The number of thiazole rings is 1. The fourth-order valence-corrected chi connectivity index (χ4v) is 3.97. The minimum absolute atomic E-state index is 0.461. The molecule has 0 saturated heterocycles. The van der Waals surface area contributed by atoms with Gasteiger partial charge in [0.25, 0.3) is 0 Å². The Morgan fingerprint density at radius 3 is 2.38 bits per heavy atom. The number of aryl methyl sites for hydroxylation is 2. The van der Waals surface area contributed by atoms with Crippen molar-refractivity contribution >= 4 is 28.8 Å². The highest BCUT2D eigenvalue weighted by molar-refractivity contribution is 7.13. The van der Waals surface area contributed by atoms with Gasteiger partial charge in [0.1, 0.15) is 21.8 Å². The van der Waals surface area contributed by atoms with Crippen molar-refractivity contribution in [1.29, 1.82) is 0 Å². The summed E-state index contributed by atoms with van der Waals surface area (Å²) in [4.78, 5) is 13.4. The van der Waals surface area contributed by atoms with Gasteiger partial charge in [0, 0.05) is 35.5 Å². The number of anilines is 1. The predicted octanol–water partition coefficient (Wildman–Crippen LogP) is 6.40. The van der Waals surface area contributed by atoms with E-state index in [0.29, 0.717) is 11.7 Å². The number of hydrogen-bond donors (Lipinski definition) is 1. The SMILES string of the molecule is CCc1nc(Cl)cc(NCc2ccc(-c3nc(-c4ccc(C)cc4)cs3)cc2)n1. The fraction of sp³-hybridized carbons (Fsp3) is 0.174. The summed E-state index contributed by atoms with van der Waals surface area (Å²) < 4.78 is 0. The molecule has 0 radical (unpaired) electrons. The molecule has 2 aromatic heterocycles. The topological polar surface area (TPSA) is 50.7 Å². The van der Waals surface area contributed by atoms with Gasteiger partial charge in [-0.15, -0.1) is 11.3 Å². The van der Waals surface area contributed by atoms with Crippen LogP contribution < -0.4 is 5.32 Å². The van der Waals surface area contributed by atoms with Crippen LogP contribution in [0.4, 0.5) is 5.82 Å². The highest BCUT2D eigenvalue weighted by Crippen LogP contribution is 2.29. The van der Waals surface area contributed by atoms with Crippen molar-refractivity contribution in [3.8, 4) is 21.8 Å². The Balaban J connectivity index is 1.44. The summed E-state index contributed by atoms with van der Waals surface area (Å²) in [5.41, 5.74) is 5.70. The van der Waals surface area contributed by atoms with Crippen LogP contribution in [0.3, 0.4) is 0 Å². The molecule has 146 valence electrons. The van der Waals surface area contributed by atoms with Crippen molar-refractivity contribution in [2.75, 3.05) is 5.32 Å². The molecule has 0 amide bonds. The number of hydrogen-bond acceptors (Lipinski definition) is 5. The monoisotopic (exact) mass is 420 g/mol. The van der Waals surface area contributed by atoms with E-state index in [2.05, 4.69) is 76.1 Å². The van der Waals surface area contributed by atoms with Gasteiger partial charge in [-0.1, -0.05) is 72.6 Å². The van der Waals surface area contributed by atoms with Crippen LogP contribution >= 0.6 is 22.9 Å². The largest absolute Gasteiger partial charge is 0.366 e. The van der Waals surface area contributed by atoms with E-state index in [9.17, 15) is 0 Å². The molecule has 4 aromatic rings. The maximum atomic E-state index is 6.06. The first-order chi connectivity index (χ1) is 14.1. The van der Waals surface area contributed by atoms with Crippen LogP contribution in [-0.2, 0) is 13.0 Å². The lowest BCUT2D eigenvalue weighted by Crippen LogP contribution is -2.04. The van der Waals surface area contributed by atoms with Gasteiger partial charge in [0.15, 0.2) is 0 Å². The van der Waals surface area contributed by atoms with Crippen LogP contribution in [0.2, 0.25) is 5.15 Å². The van der Waals surface area contributed by atoms with Gasteiger partial charge in [-0.05, 0) is 12.5 Å².